The van der Waals surface area contributed by atoms with Crippen molar-refractivity contribution in [1.82, 2.24) is 4.98 Å². The Bertz CT molecular complexity index is 384. The fourth-order valence-corrected chi connectivity index (χ4v) is 2.46. The molecule has 1 saturated heterocycles. The predicted molar refractivity (Wildman–Crippen MR) is 76.7 cm³/mol. The third kappa shape index (κ3) is 3.83. The van der Waals surface area contributed by atoms with Gasteiger partial charge >= 0.3 is 0 Å². The normalized spacial score (nSPS) is 22.4. The molecule has 0 spiro atoms. The molecule has 1 N–H and O–H groups in total. The molecule has 0 aromatic carbocycles. The fraction of sp³-hybridized carbons (Fsp3) is 0.667. The van der Waals surface area contributed by atoms with Gasteiger partial charge in [0.05, 0.1) is 12.7 Å². The molecule has 0 aliphatic carbocycles. The summed E-state index contributed by atoms with van der Waals surface area (Å²) in [5.74, 6) is 2.26. The molecule has 2 heterocycles. The van der Waals surface area contributed by atoms with E-state index >= 15 is 0 Å². The van der Waals surface area contributed by atoms with Gasteiger partial charge in [-0.1, -0.05) is 13.8 Å². The molecule has 0 amide bonds. The number of hydrogen-bond donors (Lipinski definition) is 1. The minimum absolute atomic E-state index is 0.385. The summed E-state index contributed by atoms with van der Waals surface area (Å²) >= 11 is 0. The van der Waals surface area contributed by atoms with Gasteiger partial charge in [-0.05, 0) is 31.4 Å². The summed E-state index contributed by atoms with van der Waals surface area (Å²) in [7, 11) is 0. The van der Waals surface area contributed by atoms with Crippen LogP contribution in [-0.2, 0) is 4.74 Å². The van der Waals surface area contributed by atoms with E-state index in [0.717, 1.165) is 50.6 Å². The molecular formula is C15H24N2O2. The number of rotatable bonds is 7. The van der Waals surface area contributed by atoms with E-state index < -0.39 is 0 Å². The second-order valence-corrected chi connectivity index (χ2v) is 4.95. The highest BCUT2D eigenvalue weighted by atomic mass is 16.5. The van der Waals surface area contributed by atoms with E-state index in [9.17, 15) is 0 Å². The number of nitrogens with one attached hydrogen (secondary N) is 1. The van der Waals surface area contributed by atoms with Gasteiger partial charge in [-0.25, -0.2) is 4.98 Å². The number of pyridine rings is 1. The van der Waals surface area contributed by atoms with Gasteiger partial charge in [0.25, 0.3) is 0 Å². The molecule has 1 fully saturated rings. The molecule has 1 aliphatic rings. The number of aromatic nitrogens is 1. The van der Waals surface area contributed by atoms with Gasteiger partial charge in [0.2, 0.25) is 0 Å². The standard InChI is InChI=1S/C15H24N2O2/c1-3-9-18-14-6-5-8-16-15(14)17-11-12-7-10-19-13(12)4-2/h5-6,8,12-13H,3-4,7,9-11H2,1-2H3,(H,16,17). The van der Waals surface area contributed by atoms with E-state index in [4.69, 9.17) is 9.47 Å². The first-order valence-corrected chi connectivity index (χ1v) is 7.28. The molecule has 4 nitrogen and oxygen atoms in total. The van der Waals surface area contributed by atoms with Crippen LogP contribution in [0.2, 0.25) is 0 Å². The minimum Gasteiger partial charge on any atom is -0.490 e. The van der Waals surface area contributed by atoms with Crippen molar-refractivity contribution >= 4 is 5.82 Å². The molecular weight excluding hydrogens is 240 g/mol. The van der Waals surface area contributed by atoms with Gasteiger partial charge in [0.1, 0.15) is 0 Å². The maximum atomic E-state index is 5.71. The Labute approximate surface area is 115 Å². The highest BCUT2D eigenvalue weighted by Crippen LogP contribution is 2.26. The van der Waals surface area contributed by atoms with Crippen molar-refractivity contribution in [2.24, 2.45) is 5.92 Å². The molecule has 0 bridgehead atoms. The van der Waals surface area contributed by atoms with Crippen molar-refractivity contribution in [2.75, 3.05) is 25.1 Å². The van der Waals surface area contributed by atoms with Crippen LogP contribution < -0.4 is 10.1 Å². The zero-order chi connectivity index (χ0) is 13.5. The lowest BCUT2D eigenvalue weighted by Crippen LogP contribution is -2.23. The van der Waals surface area contributed by atoms with Crippen molar-refractivity contribution in [3.63, 3.8) is 0 Å². The van der Waals surface area contributed by atoms with Crippen LogP contribution in [0.25, 0.3) is 0 Å². The Hall–Kier alpha value is -1.29. The van der Waals surface area contributed by atoms with Gasteiger partial charge in [0.15, 0.2) is 11.6 Å². The SMILES string of the molecule is CCCOc1cccnc1NCC1CCOC1CC. The number of anilines is 1. The van der Waals surface area contributed by atoms with E-state index in [2.05, 4.69) is 24.1 Å². The van der Waals surface area contributed by atoms with E-state index in [1.807, 2.05) is 12.1 Å². The number of ether oxygens (including phenoxy) is 2. The third-order valence-electron chi connectivity index (χ3n) is 3.51. The van der Waals surface area contributed by atoms with Crippen molar-refractivity contribution in [2.45, 2.75) is 39.2 Å². The minimum atomic E-state index is 0.385. The van der Waals surface area contributed by atoms with Crippen LogP contribution in [0.5, 0.6) is 5.75 Å². The van der Waals surface area contributed by atoms with Crippen LogP contribution in [-0.4, -0.2) is 30.8 Å². The van der Waals surface area contributed by atoms with Crippen LogP contribution in [0.4, 0.5) is 5.82 Å². The van der Waals surface area contributed by atoms with E-state index in [1.165, 1.54) is 0 Å². The molecule has 2 rings (SSSR count). The highest BCUT2D eigenvalue weighted by Gasteiger charge is 2.26. The Morgan fingerprint density at radius 2 is 2.37 bits per heavy atom. The second-order valence-electron chi connectivity index (χ2n) is 4.95. The molecule has 0 radical (unpaired) electrons. The van der Waals surface area contributed by atoms with Crippen LogP contribution in [0, 0.1) is 5.92 Å². The monoisotopic (exact) mass is 264 g/mol. The van der Waals surface area contributed by atoms with E-state index in [1.54, 1.807) is 6.20 Å². The lowest BCUT2D eigenvalue weighted by atomic mass is 10.00. The molecule has 19 heavy (non-hydrogen) atoms. The Balaban J connectivity index is 1.91. The molecule has 106 valence electrons. The van der Waals surface area contributed by atoms with Gasteiger partial charge in [-0.3, -0.25) is 0 Å². The van der Waals surface area contributed by atoms with Crippen LogP contribution >= 0.6 is 0 Å². The van der Waals surface area contributed by atoms with Crippen molar-refractivity contribution < 1.29 is 9.47 Å². The lowest BCUT2D eigenvalue weighted by Gasteiger charge is -2.18. The lowest BCUT2D eigenvalue weighted by molar-refractivity contribution is 0.0900. The first kappa shape index (κ1) is 14.1. The Kier molecular flexibility index (Phi) is 5.45. The fourth-order valence-electron chi connectivity index (χ4n) is 2.46. The van der Waals surface area contributed by atoms with Gasteiger partial charge in [0, 0.05) is 25.3 Å². The average Bonchev–Trinajstić information content (AvgIpc) is 2.91. The summed E-state index contributed by atoms with van der Waals surface area (Å²) in [4.78, 5) is 4.37. The predicted octanol–water partition coefficient (Wildman–Crippen LogP) is 3.10. The molecule has 2 unspecified atom stereocenters. The topological polar surface area (TPSA) is 43.4 Å². The average molecular weight is 264 g/mol. The molecule has 2 atom stereocenters. The van der Waals surface area contributed by atoms with Crippen LogP contribution in [0.3, 0.4) is 0 Å². The summed E-state index contributed by atoms with van der Waals surface area (Å²) in [6.45, 7) is 6.79. The number of hydrogen-bond acceptors (Lipinski definition) is 4. The Morgan fingerprint density at radius 3 is 3.16 bits per heavy atom. The Morgan fingerprint density at radius 1 is 1.47 bits per heavy atom. The highest BCUT2D eigenvalue weighted by molar-refractivity contribution is 5.49. The maximum absolute atomic E-state index is 5.71. The largest absolute Gasteiger partial charge is 0.490 e. The first-order chi connectivity index (χ1) is 9.35. The van der Waals surface area contributed by atoms with E-state index in [0.29, 0.717) is 12.0 Å². The third-order valence-corrected chi connectivity index (χ3v) is 3.51. The van der Waals surface area contributed by atoms with Crippen molar-refractivity contribution in [3.05, 3.63) is 18.3 Å². The second kappa shape index (κ2) is 7.34. The molecule has 1 aromatic heterocycles. The quantitative estimate of drug-likeness (QED) is 0.822. The molecule has 4 heteroatoms. The summed E-state index contributed by atoms with van der Waals surface area (Å²) in [5.41, 5.74) is 0. The zero-order valence-electron chi connectivity index (χ0n) is 11.9. The first-order valence-electron chi connectivity index (χ1n) is 7.28. The van der Waals surface area contributed by atoms with Crippen molar-refractivity contribution in [3.8, 4) is 5.75 Å². The molecule has 1 aliphatic heterocycles. The van der Waals surface area contributed by atoms with Crippen molar-refractivity contribution in [1.29, 1.82) is 0 Å². The van der Waals surface area contributed by atoms with Gasteiger partial charge in [-0.2, -0.15) is 0 Å². The number of nitrogens with zero attached hydrogens (tertiary/aromatic N) is 1. The smallest absolute Gasteiger partial charge is 0.168 e. The summed E-state index contributed by atoms with van der Waals surface area (Å²) in [6.07, 6.45) is 5.39. The molecule has 0 saturated carbocycles. The zero-order valence-corrected chi connectivity index (χ0v) is 11.9. The summed E-state index contributed by atoms with van der Waals surface area (Å²) in [6, 6.07) is 3.87. The summed E-state index contributed by atoms with van der Waals surface area (Å²) < 4.78 is 11.4. The van der Waals surface area contributed by atoms with Gasteiger partial charge < -0.3 is 14.8 Å². The van der Waals surface area contributed by atoms with Gasteiger partial charge in [-0.15, -0.1) is 0 Å². The maximum Gasteiger partial charge on any atom is 0.168 e. The van der Waals surface area contributed by atoms with E-state index in [-0.39, 0.29) is 0 Å². The molecule has 1 aromatic rings. The van der Waals surface area contributed by atoms with Crippen LogP contribution in [0.15, 0.2) is 18.3 Å². The summed E-state index contributed by atoms with van der Waals surface area (Å²) in [5, 5.41) is 3.41. The van der Waals surface area contributed by atoms with Crippen LogP contribution in [0.1, 0.15) is 33.1 Å².